The topological polar surface area (TPSA) is 87.2 Å². The van der Waals surface area contributed by atoms with Gasteiger partial charge in [0.05, 0.1) is 17.5 Å². The van der Waals surface area contributed by atoms with Gasteiger partial charge in [-0.05, 0) is 38.1 Å². The summed E-state index contributed by atoms with van der Waals surface area (Å²) >= 11 is 0. The summed E-state index contributed by atoms with van der Waals surface area (Å²) in [5, 5.41) is 8.66. The fourth-order valence-corrected chi connectivity index (χ4v) is 3.45. The van der Waals surface area contributed by atoms with Crippen molar-refractivity contribution in [1.82, 2.24) is 4.31 Å². The van der Waals surface area contributed by atoms with Crippen LogP contribution in [0.3, 0.4) is 0 Å². The number of hydrogen-bond donors (Lipinski definition) is 1. The van der Waals surface area contributed by atoms with Crippen molar-refractivity contribution < 1.29 is 8.42 Å². The molecule has 0 unspecified atom stereocenters. The fourth-order valence-electron chi connectivity index (χ4n) is 1.81. The van der Waals surface area contributed by atoms with E-state index in [0.29, 0.717) is 5.56 Å². The lowest BCUT2D eigenvalue weighted by atomic mass is 10.2. The standard InChI is InChI=1S/C15H19N3O2S/c1-13(2)18(12-4-11-17)21(19,20)15-8-6-14(7-9-15)5-3-10-16/h6-9,13H,4,10,12,16H2,1-2H3. The third kappa shape index (κ3) is 4.57. The van der Waals surface area contributed by atoms with Gasteiger partial charge in [0.1, 0.15) is 0 Å². The summed E-state index contributed by atoms with van der Waals surface area (Å²) in [5.74, 6) is 5.56. The Kier molecular flexibility index (Phi) is 6.39. The zero-order valence-corrected chi connectivity index (χ0v) is 13.0. The Morgan fingerprint density at radius 1 is 1.29 bits per heavy atom. The normalized spacial score (nSPS) is 11.0. The maximum atomic E-state index is 12.6. The minimum Gasteiger partial charge on any atom is -0.320 e. The third-order valence-corrected chi connectivity index (χ3v) is 4.91. The number of nitrogens with two attached hydrogens (primary N) is 1. The first-order valence-corrected chi connectivity index (χ1v) is 8.05. The fraction of sp³-hybridized carbons (Fsp3) is 0.400. The maximum Gasteiger partial charge on any atom is 0.243 e. The van der Waals surface area contributed by atoms with Crippen LogP contribution in [0.5, 0.6) is 0 Å². The van der Waals surface area contributed by atoms with E-state index in [2.05, 4.69) is 11.8 Å². The first-order chi connectivity index (χ1) is 9.93. The molecule has 0 aliphatic carbocycles. The van der Waals surface area contributed by atoms with Gasteiger partial charge in [0, 0.05) is 24.6 Å². The molecule has 6 heteroatoms. The molecule has 0 aliphatic heterocycles. The molecule has 0 radical (unpaired) electrons. The Morgan fingerprint density at radius 3 is 2.38 bits per heavy atom. The second-order valence-corrected chi connectivity index (χ2v) is 6.54. The van der Waals surface area contributed by atoms with Gasteiger partial charge in [-0.1, -0.05) is 11.8 Å². The van der Waals surface area contributed by atoms with E-state index in [4.69, 9.17) is 11.0 Å². The lowest BCUT2D eigenvalue weighted by Gasteiger charge is -2.24. The van der Waals surface area contributed by atoms with Gasteiger partial charge in [-0.25, -0.2) is 8.42 Å². The molecule has 112 valence electrons. The predicted octanol–water partition coefficient (Wildman–Crippen LogP) is 1.31. The highest BCUT2D eigenvalue weighted by atomic mass is 32.2. The lowest BCUT2D eigenvalue weighted by Crippen LogP contribution is -2.37. The van der Waals surface area contributed by atoms with Crippen molar-refractivity contribution in [3.63, 3.8) is 0 Å². The van der Waals surface area contributed by atoms with Crippen LogP contribution < -0.4 is 5.73 Å². The van der Waals surface area contributed by atoms with Crippen LogP contribution in [0, 0.1) is 23.2 Å². The van der Waals surface area contributed by atoms with E-state index in [1.54, 1.807) is 26.0 Å². The van der Waals surface area contributed by atoms with E-state index in [0.717, 1.165) is 0 Å². The zero-order valence-electron chi connectivity index (χ0n) is 12.2. The summed E-state index contributed by atoms with van der Waals surface area (Å²) in [6.07, 6.45) is 0.164. The number of nitriles is 1. The Bertz CT molecular complexity index is 662. The molecule has 1 aromatic rings. The van der Waals surface area contributed by atoms with Crippen LogP contribution in [0.15, 0.2) is 29.2 Å². The van der Waals surface area contributed by atoms with E-state index in [9.17, 15) is 8.42 Å². The van der Waals surface area contributed by atoms with Crippen LogP contribution >= 0.6 is 0 Å². The van der Waals surface area contributed by atoms with Crippen LogP contribution in [0.1, 0.15) is 25.8 Å². The first kappa shape index (κ1) is 17.2. The number of nitrogens with zero attached hydrogens (tertiary/aromatic N) is 2. The van der Waals surface area contributed by atoms with Gasteiger partial charge < -0.3 is 5.73 Å². The highest BCUT2D eigenvalue weighted by Gasteiger charge is 2.26. The van der Waals surface area contributed by atoms with Crippen molar-refractivity contribution >= 4 is 10.0 Å². The van der Waals surface area contributed by atoms with E-state index < -0.39 is 10.0 Å². The molecular weight excluding hydrogens is 286 g/mol. The smallest absolute Gasteiger partial charge is 0.243 e. The SMILES string of the molecule is CC(C)N(CCC#N)S(=O)(=O)c1ccc(C#CCN)cc1. The summed E-state index contributed by atoms with van der Waals surface area (Å²) in [7, 11) is -3.60. The largest absolute Gasteiger partial charge is 0.320 e. The minimum atomic E-state index is -3.60. The molecular formula is C15H19N3O2S. The Hall–Kier alpha value is -1.86. The van der Waals surface area contributed by atoms with Gasteiger partial charge in [0.25, 0.3) is 0 Å². The van der Waals surface area contributed by atoms with Crippen LogP contribution in [-0.4, -0.2) is 31.9 Å². The molecule has 2 N–H and O–H groups in total. The molecule has 0 fully saturated rings. The average molecular weight is 305 g/mol. The van der Waals surface area contributed by atoms with Gasteiger partial charge in [0.15, 0.2) is 0 Å². The van der Waals surface area contributed by atoms with Crippen molar-refractivity contribution in [1.29, 1.82) is 5.26 Å². The second-order valence-electron chi connectivity index (χ2n) is 4.65. The highest BCUT2D eigenvalue weighted by Crippen LogP contribution is 2.19. The highest BCUT2D eigenvalue weighted by molar-refractivity contribution is 7.89. The Labute approximate surface area is 126 Å². The lowest BCUT2D eigenvalue weighted by molar-refractivity contribution is 0.360. The summed E-state index contributed by atoms with van der Waals surface area (Å²) in [6, 6.07) is 8.12. The molecule has 0 atom stereocenters. The Morgan fingerprint density at radius 2 is 1.90 bits per heavy atom. The molecule has 0 spiro atoms. The summed E-state index contributed by atoms with van der Waals surface area (Å²) in [4.78, 5) is 0.201. The molecule has 5 nitrogen and oxygen atoms in total. The molecule has 21 heavy (non-hydrogen) atoms. The van der Waals surface area contributed by atoms with E-state index >= 15 is 0 Å². The molecule has 0 aromatic heterocycles. The van der Waals surface area contributed by atoms with Gasteiger partial charge >= 0.3 is 0 Å². The zero-order chi connectivity index (χ0) is 15.9. The van der Waals surface area contributed by atoms with Gasteiger partial charge in [-0.3, -0.25) is 0 Å². The summed E-state index contributed by atoms with van der Waals surface area (Å²) < 4.78 is 26.5. The first-order valence-electron chi connectivity index (χ1n) is 6.61. The maximum absolute atomic E-state index is 12.6. The summed E-state index contributed by atoms with van der Waals surface area (Å²) in [5.41, 5.74) is 6.01. The molecule has 0 amide bonds. The second kappa shape index (κ2) is 7.80. The van der Waals surface area contributed by atoms with E-state index in [-0.39, 0.29) is 30.4 Å². The van der Waals surface area contributed by atoms with Crippen LogP contribution in [0.2, 0.25) is 0 Å². The molecule has 0 saturated heterocycles. The molecule has 0 heterocycles. The van der Waals surface area contributed by atoms with Crippen molar-refractivity contribution in [2.24, 2.45) is 5.73 Å². The Balaban J connectivity index is 3.08. The molecule has 1 rings (SSSR count). The quantitative estimate of drug-likeness (QED) is 0.831. The van der Waals surface area contributed by atoms with Crippen molar-refractivity contribution in [2.45, 2.75) is 31.2 Å². The van der Waals surface area contributed by atoms with Gasteiger partial charge in [-0.2, -0.15) is 9.57 Å². The van der Waals surface area contributed by atoms with Crippen LogP contribution in [-0.2, 0) is 10.0 Å². The summed E-state index contributed by atoms with van der Waals surface area (Å²) in [6.45, 7) is 4.02. The van der Waals surface area contributed by atoms with Gasteiger partial charge in [0.2, 0.25) is 10.0 Å². The average Bonchev–Trinajstić information content (AvgIpc) is 2.45. The van der Waals surface area contributed by atoms with Crippen LogP contribution in [0.4, 0.5) is 0 Å². The van der Waals surface area contributed by atoms with Crippen LogP contribution in [0.25, 0.3) is 0 Å². The number of hydrogen-bond acceptors (Lipinski definition) is 4. The number of sulfonamides is 1. The van der Waals surface area contributed by atoms with E-state index in [1.807, 2.05) is 6.07 Å². The molecule has 0 aliphatic rings. The monoisotopic (exact) mass is 305 g/mol. The molecule has 0 saturated carbocycles. The van der Waals surface area contributed by atoms with Gasteiger partial charge in [-0.15, -0.1) is 0 Å². The molecule has 0 bridgehead atoms. The predicted molar refractivity (Wildman–Crippen MR) is 81.6 cm³/mol. The number of benzene rings is 1. The third-order valence-electron chi connectivity index (χ3n) is 2.82. The minimum absolute atomic E-state index is 0.164. The molecule has 1 aromatic carbocycles. The van der Waals surface area contributed by atoms with Crippen molar-refractivity contribution in [3.05, 3.63) is 29.8 Å². The van der Waals surface area contributed by atoms with Crippen molar-refractivity contribution in [2.75, 3.05) is 13.1 Å². The number of rotatable bonds is 5. The van der Waals surface area contributed by atoms with E-state index in [1.165, 1.54) is 16.4 Å². The van der Waals surface area contributed by atoms with Crippen molar-refractivity contribution in [3.8, 4) is 17.9 Å².